The second kappa shape index (κ2) is 8.36. The zero-order valence-corrected chi connectivity index (χ0v) is 15.8. The molecule has 1 atom stereocenters. The number of ether oxygens (including phenoxy) is 2. The smallest absolute Gasteiger partial charge is 0.381 e. The van der Waals surface area contributed by atoms with Crippen molar-refractivity contribution in [3.63, 3.8) is 0 Å². The fourth-order valence-electron chi connectivity index (χ4n) is 3.64. The minimum atomic E-state index is -4.41. The van der Waals surface area contributed by atoms with E-state index >= 15 is 0 Å². The summed E-state index contributed by atoms with van der Waals surface area (Å²) in [6, 6.07) is 5.17. The van der Waals surface area contributed by atoms with E-state index in [-0.39, 0.29) is 18.4 Å². The molecule has 2 aliphatic heterocycles. The Hall–Kier alpha value is -1.68. The number of hydrogen-bond donors (Lipinski definition) is 1. The lowest BCUT2D eigenvalue weighted by atomic mass is 9.73. The summed E-state index contributed by atoms with van der Waals surface area (Å²) in [6.45, 7) is 2.56. The van der Waals surface area contributed by atoms with Crippen molar-refractivity contribution < 1.29 is 27.2 Å². The van der Waals surface area contributed by atoms with Gasteiger partial charge in [0, 0.05) is 19.8 Å². The molecule has 0 saturated carbocycles. The molecule has 0 amide bonds. The summed E-state index contributed by atoms with van der Waals surface area (Å²) in [4.78, 5) is 4.54. The highest BCUT2D eigenvalue weighted by Crippen LogP contribution is 2.42. The van der Waals surface area contributed by atoms with Crippen LogP contribution in [0.25, 0.3) is 0 Å². The third-order valence-corrected chi connectivity index (χ3v) is 5.17. The summed E-state index contributed by atoms with van der Waals surface area (Å²) >= 11 is 0. The van der Waals surface area contributed by atoms with Gasteiger partial charge in [-0.2, -0.15) is 18.2 Å². The lowest BCUT2D eigenvalue weighted by Crippen LogP contribution is -2.37. The second-order valence-electron chi connectivity index (χ2n) is 6.81. The van der Waals surface area contributed by atoms with Crippen molar-refractivity contribution in [1.29, 1.82) is 0 Å². The van der Waals surface area contributed by atoms with Gasteiger partial charge >= 0.3 is 6.18 Å². The Morgan fingerprint density at radius 2 is 1.89 bits per heavy atom. The molecule has 2 aromatic rings. The van der Waals surface area contributed by atoms with Crippen molar-refractivity contribution in [3.8, 4) is 0 Å². The third-order valence-electron chi connectivity index (χ3n) is 5.17. The molecule has 1 unspecified atom stereocenters. The number of morpholine rings is 1. The van der Waals surface area contributed by atoms with Crippen molar-refractivity contribution >= 4 is 12.4 Å². The molecule has 1 aromatic carbocycles. The van der Waals surface area contributed by atoms with Crippen molar-refractivity contribution in [2.24, 2.45) is 0 Å². The molecule has 2 fully saturated rings. The second-order valence-corrected chi connectivity index (χ2v) is 6.81. The van der Waals surface area contributed by atoms with Crippen LogP contribution in [0.2, 0.25) is 0 Å². The SMILES string of the molecule is Cl.FC(F)(F)c1cccc(C2(c3nc(C4COCCN4)no3)CCOCC2)c1. The Morgan fingerprint density at radius 1 is 1.11 bits per heavy atom. The van der Waals surface area contributed by atoms with Crippen LogP contribution in [0, 0.1) is 0 Å². The minimum absolute atomic E-state index is 0. The van der Waals surface area contributed by atoms with E-state index in [9.17, 15) is 13.2 Å². The van der Waals surface area contributed by atoms with Gasteiger partial charge in [0.2, 0.25) is 5.89 Å². The van der Waals surface area contributed by atoms with Gasteiger partial charge in [0.25, 0.3) is 0 Å². The minimum Gasteiger partial charge on any atom is -0.381 e. The van der Waals surface area contributed by atoms with E-state index in [2.05, 4.69) is 15.5 Å². The summed E-state index contributed by atoms with van der Waals surface area (Å²) in [7, 11) is 0. The fourth-order valence-corrected chi connectivity index (χ4v) is 3.64. The number of benzene rings is 1. The predicted molar refractivity (Wildman–Crippen MR) is 95.4 cm³/mol. The van der Waals surface area contributed by atoms with Gasteiger partial charge in [-0.3, -0.25) is 0 Å². The molecule has 10 heteroatoms. The highest BCUT2D eigenvalue weighted by molar-refractivity contribution is 5.85. The normalized spacial score (nSPS) is 22.5. The average molecular weight is 420 g/mol. The van der Waals surface area contributed by atoms with E-state index in [0.717, 1.165) is 6.07 Å². The Morgan fingerprint density at radius 3 is 2.57 bits per heavy atom. The molecule has 1 aromatic heterocycles. The molecule has 0 radical (unpaired) electrons. The van der Waals surface area contributed by atoms with Crippen LogP contribution >= 0.6 is 12.4 Å². The Kier molecular flexibility index (Phi) is 6.28. The van der Waals surface area contributed by atoms with Gasteiger partial charge in [-0.25, -0.2) is 0 Å². The van der Waals surface area contributed by atoms with Crippen molar-refractivity contribution in [2.75, 3.05) is 33.0 Å². The van der Waals surface area contributed by atoms with Crippen LogP contribution in [-0.2, 0) is 21.1 Å². The maximum absolute atomic E-state index is 13.2. The van der Waals surface area contributed by atoms with Crippen molar-refractivity contribution in [2.45, 2.75) is 30.5 Å². The Balaban J connectivity index is 0.00000225. The molecule has 1 N–H and O–H groups in total. The van der Waals surface area contributed by atoms with Crippen LogP contribution in [0.1, 0.15) is 41.7 Å². The molecule has 3 heterocycles. The number of halogens is 4. The van der Waals surface area contributed by atoms with E-state index in [1.165, 1.54) is 12.1 Å². The number of aromatic nitrogens is 2. The predicted octanol–water partition coefficient (Wildman–Crippen LogP) is 3.27. The van der Waals surface area contributed by atoms with Crippen LogP contribution in [0.4, 0.5) is 13.2 Å². The molecule has 2 saturated heterocycles. The lowest BCUT2D eigenvalue weighted by molar-refractivity contribution is -0.137. The summed E-state index contributed by atoms with van der Waals surface area (Å²) in [5.74, 6) is 0.787. The monoisotopic (exact) mass is 419 g/mol. The number of hydrogen-bond acceptors (Lipinski definition) is 6. The van der Waals surface area contributed by atoms with Gasteiger partial charge in [0.05, 0.1) is 30.2 Å². The summed E-state index contributed by atoms with van der Waals surface area (Å²) in [5, 5.41) is 7.31. The van der Waals surface area contributed by atoms with Gasteiger partial charge in [-0.05, 0) is 24.5 Å². The molecule has 0 spiro atoms. The van der Waals surface area contributed by atoms with E-state index in [1.54, 1.807) is 6.07 Å². The highest BCUT2D eigenvalue weighted by atomic mass is 35.5. The molecule has 0 bridgehead atoms. The maximum Gasteiger partial charge on any atom is 0.416 e. The summed E-state index contributed by atoms with van der Waals surface area (Å²) < 4.78 is 56.0. The quantitative estimate of drug-likeness (QED) is 0.823. The molecule has 0 aliphatic carbocycles. The molecule has 6 nitrogen and oxygen atoms in total. The van der Waals surface area contributed by atoms with E-state index in [0.29, 0.717) is 63.1 Å². The summed E-state index contributed by atoms with van der Waals surface area (Å²) in [6.07, 6.45) is -3.46. The molecular weight excluding hydrogens is 399 g/mol. The number of rotatable bonds is 3. The first-order chi connectivity index (χ1) is 13.0. The van der Waals surface area contributed by atoms with Crippen LogP contribution < -0.4 is 5.32 Å². The van der Waals surface area contributed by atoms with Gasteiger partial charge in [-0.15, -0.1) is 12.4 Å². The number of nitrogens with one attached hydrogen (secondary N) is 1. The third kappa shape index (κ3) is 4.03. The topological polar surface area (TPSA) is 69.4 Å². The first-order valence-corrected chi connectivity index (χ1v) is 8.90. The van der Waals surface area contributed by atoms with Crippen LogP contribution in [0.5, 0.6) is 0 Å². The van der Waals surface area contributed by atoms with E-state index < -0.39 is 17.2 Å². The van der Waals surface area contributed by atoms with Crippen LogP contribution in [0.15, 0.2) is 28.8 Å². The zero-order chi connectivity index (χ0) is 18.9. The zero-order valence-electron chi connectivity index (χ0n) is 15.0. The average Bonchev–Trinajstić information content (AvgIpc) is 3.19. The standard InChI is InChI=1S/C18H20F3N3O3.ClH/c19-18(20,21)13-3-1-2-12(10-13)17(4-7-25-8-5-17)16-23-15(24-27-16)14-11-26-9-6-22-14;/h1-3,10,14,22H,4-9,11H2;1H. The Labute approximate surface area is 166 Å². The molecule has 28 heavy (non-hydrogen) atoms. The van der Waals surface area contributed by atoms with Gasteiger partial charge < -0.3 is 19.3 Å². The summed E-state index contributed by atoms with van der Waals surface area (Å²) in [5.41, 5.74) is -0.961. The van der Waals surface area contributed by atoms with Crippen molar-refractivity contribution in [3.05, 3.63) is 47.1 Å². The maximum atomic E-state index is 13.2. The van der Waals surface area contributed by atoms with Gasteiger partial charge in [0.15, 0.2) is 5.82 Å². The Bertz CT molecular complexity index is 788. The van der Waals surface area contributed by atoms with Gasteiger partial charge in [0.1, 0.15) is 0 Å². The highest BCUT2D eigenvalue weighted by Gasteiger charge is 2.43. The van der Waals surface area contributed by atoms with Crippen molar-refractivity contribution in [1.82, 2.24) is 15.5 Å². The molecule has 4 rings (SSSR count). The fraction of sp³-hybridized carbons (Fsp3) is 0.556. The molecular formula is C18H21ClF3N3O3. The van der Waals surface area contributed by atoms with E-state index in [1.807, 2.05) is 0 Å². The first kappa shape index (κ1) is 21.0. The number of nitrogens with zero attached hydrogens (tertiary/aromatic N) is 2. The first-order valence-electron chi connectivity index (χ1n) is 8.90. The lowest BCUT2D eigenvalue weighted by Gasteiger charge is -2.34. The largest absolute Gasteiger partial charge is 0.416 e. The van der Waals surface area contributed by atoms with E-state index in [4.69, 9.17) is 14.0 Å². The number of alkyl halides is 3. The van der Waals surface area contributed by atoms with Crippen LogP contribution in [0.3, 0.4) is 0 Å². The molecule has 2 aliphatic rings. The molecule has 154 valence electrons. The van der Waals surface area contributed by atoms with Crippen LogP contribution in [-0.4, -0.2) is 43.1 Å². The van der Waals surface area contributed by atoms with Gasteiger partial charge in [-0.1, -0.05) is 23.4 Å².